The summed E-state index contributed by atoms with van der Waals surface area (Å²) < 4.78 is 0. The lowest BCUT2D eigenvalue weighted by Gasteiger charge is -2.20. The van der Waals surface area contributed by atoms with Crippen molar-refractivity contribution in [3.8, 4) is 0 Å². The molecular formula is C12H21N3O6. The van der Waals surface area contributed by atoms with E-state index in [-0.39, 0.29) is 18.7 Å². The fourth-order valence-corrected chi connectivity index (χ4v) is 1.29. The first-order valence-electron chi connectivity index (χ1n) is 6.44. The molecule has 2 atom stereocenters. The van der Waals surface area contributed by atoms with Gasteiger partial charge in [0.25, 0.3) is 0 Å². The predicted octanol–water partition coefficient (Wildman–Crippen LogP) is -2.94. The predicted molar refractivity (Wildman–Crippen MR) is 72.0 cm³/mol. The number of ketones is 1. The molecule has 21 heavy (non-hydrogen) atoms. The van der Waals surface area contributed by atoms with Gasteiger partial charge in [0.2, 0.25) is 17.7 Å². The van der Waals surface area contributed by atoms with E-state index in [2.05, 4.69) is 16.0 Å². The van der Waals surface area contributed by atoms with E-state index in [1.807, 2.05) is 0 Å². The fraction of sp³-hybridized carbons (Fsp3) is 0.667. The molecule has 0 aromatic carbocycles. The van der Waals surface area contributed by atoms with E-state index in [1.165, 1.54) is 6.92 Å². The second-order valence-corrected chi connectivity index (χ2v) is 4.32. The number of carbonyl (C=O) groups is 4. The minimum Gasteiger partial charge on any atom is -0.394 e. The molecule has 9 nitrogen and oxygen atoms in total. The van der Waals surface area contributed by atoms with Gasteiger partial charge in [0, 0.05) is 6.42 Å². The molecule has 5 N–H and O–H groups in total. The summed E-state index contributed by atoms with van der Waals surface area (Å²) in [6, 6.07) is -2.49. The normalized spacial score (nSPS) is 13.0. The van der Waals surface area contributed by atoms with E-state index in [1.54, 1.807) is 6.92 Å². The van der Waals surface area contributed by atoms with Crippen molar-refractivity contribution in [3.63, 3.8) is 0 Å². The largest absolute Gasteiger partial charge is 0.394 e. The highest BCUT2D eigenvalue weighted by Gasteiger charge is 2.25. The zero-order valence-electron chi connectivity index (χ0n) is 12.0. The summed E-state index contributed by atoms with van der Waals surface area (Å²) in [7, 11) is 0. The third-order valence-electron chi connectivity index (χ3n) is 2.48. The molecule has 3 amide bonds. The van der Waals surface area contributed by atoms with Crippen molar-refractivity contribution >= 4 is 23.5 Å². The lowest BCUT2D eigenvalue weighted by atomic mass is 10.2. The van der Waals surface area contributed by atoms with Crippen molar-refractivity contribution in [2.75, 3.05) is 19.8 Å². The molecule has 0 aliphatic heterocycles. The van der Waals surface area contributed by atoms with Crippen LogP contribution >= 0.6 is 0 Å². The van der Waals surface area contributed by atoms with E-state index < -0.39 is 43.0 Å². The van der Waals surface area contributed by atoms with Gasteiger partial charge in [-0.25, -0.2) is 0 Å². The molecule has 0 saturated heterocycles. The second kappa shape index (κ2) is 9.83. The van der Waals surface area contributed by atoms with Crippen molar-refractivity contribution in [1.82, 2.24) is 16.0 Å². The lowest BCUT2D eigenvalue weighted by molar-refractivity contribution is -0.133. The Kier molecular flexibility index (Phi) is 8.90. The third kappa shape index (κ3) is 7.37. The smallest absolute Gasteiger partial charge is 0.245 e. The van der Waals surface area contributed by atoms with Gasteiger partial charge in [-0.2, -0.15) is 0 Å². The minimum absolute atomic E-state index is 0.131. The van der Waals surface area contributed by atoms with Crippen molar-refractivity contribution in [1.29, 1.82) is 0 Å². The average Bonchev–Trinajstić information content (AvgIpc) is 2.46. The molecule has 0 aromatic rings. The maximum Gasteiger partial charge on any atom is 0.245 e. The number of amides is 3. The summed E-state index contributed by atoms with van der Waals surface area (Å²) in [6.07, 6.45) is 0.131. The first kappa shape index (κ1) is 19.0. The summed E-state index contributed by atoms with van der Waals surface area (Å²) in [6.45, 7) is 1.30. The Labute approximate surface area is 122 Å². The number of carbonyl (C=O) groups excluding carboxylic acids is 4. The van der Waals surface area contributed by atoms with E-state index >= 15 is 0 Å². The Balaban J connectivity index is 4.56. The van der Waals surface area contributed by atoms with Gasteiger partial charge in [0.05, 0.1) is 19.8 Å². The first-order valence-corrected chi connectivity index (χ1v) is 6.44. The zero-order valence-corrected chi connectivity index (χ0v) is 12.0. The van der Waals surface area contributed by atoms with Crippen molar-refractivity contribution < 1.29 is 29.4 Å². The highest BCUT2D eigenvalue weighted by Crippen LogP contribution is 1.90. The van der Waals surface area contributed by atoms with Crippen molar-refractivity contribution in [2.24, 2.45) is 0 Å². The van der Waals surface area contributed by atoms with Crippen LogP contribution in [0.5, 0.6) is 0 Å². The van der Waals surface area contributed by atoms with Crippen molar-refractivity contribution in [2.45, 2.75) is 32.4 Å². The average molecular weight is 303 g/mol. The van der Waals surface area contributed by atoms with Gasteiger partial charge in [-0.15, -0.1) is 0 Å². The molecule has 0 saturated carbocycles. The van der Waals surface area contributed by atoms with E-state index in [9.17, 15) is 19.2 Å². The summed E-state index contributed by atoms with van der Waals surface area (Å²) in [5.41, 5.74) is 0. The topological polar surface area (TPSA) is 145 Å². The molecule has 0 heterocycles. The first-order chi connectivity index (χ1) is 9.85. The van der Waals surface area contributed by atoms with Crippen LogP contribution in [0, 0.1) is 0 Å². The number of hydrogen-bond donors (Lipinski definition) is 5. The van der Waals surface area contributed by atoms with Gasteiger partial charge < -0.3 is 26.2 Å². The SMILES string of the molecule is CCC(=O)NC(CO)C(=O)NC(CO)C(=O)NCC(C)=O. The molecule has 0 aliphatic carbocycles. The Morgan fingerprint density at radius 1 is 0.952 bits per heavy atom. The number of rotatable bonds is 9. The Bertz CT molecular complexity index is 398. The van der Waals surface area contributed by atoms with Crippen LogP contribution in [-0.4, -0.2) is 65.6 Å². The minimum atomic E-state index is -1.27. The number of aliphatic hydroxyl groups is 2. The second-order valence-electron chi connectivity index (χ2n) is 4.32. The van der Waals surface area contributed by atoms with E-state index in [4.69, 9.17) is 10.2 Å². The third-order valence-corrected chi connectivity index (χ3v) is 2.48. The molecule has 2 unspecified atom stereocenters. The number of aliphatic hydroxyl groups excluding tert-OH is 2. The molecule has 9 heteroatoms. The van der Waals surface area contributed by atoms with Crippen LogP contribution in [0.4, 0.5) is 0 Å². The quantitative estimate of drug-likeness (QED) is 0.308. The standard InChI is InChI=1S/C12H21N3O6/c1-3-10(19)14-9(6-17)12(21)15-8(5-16)11(20)13-4-7(2)18/h8-9,16-17H,3-6H2,1-2H3,(H,13,20)(H,14,19)(H,15,21). The number of Topliss-reactive ketones (excluding diaryl/α,β-unsaturated/α-hetero) is 1. The number of nitrogens with one attached hydrogen (secondary N) is 3. The molecule has 0 spiro atoms. The monoisotopic (exact) mass is 303 g/mol. The van der Waals surface area contributed by atoms with Crippen LogP contribution in [0.3, 0.4) is 0 Å². The van der Waals surface area contributed by atoms with Crippen LogP contribution in [0.2, 0.25) is 0 Å². The molecule has 0 aliphatic rings. The van der Waals surface area contributed by atoms with Crippen LogP contribution in [0.15, 0.2) is 0 Å². The molecule has 0 rings (SSSR count). The van der Waals surface area contributed by atoms with Gasteiger partial charge >= 0.3 is 0 Å². The van der Waals surface area contributed by atoms with Gasteiger partial charge in [-0.05, 0) is 6.92 Å². The van der Waals surface area contributed by atoms with Crippen LogP contribution in [0.1, 0.15) is 20.3 Å². The summed E-state index contributed by atoms with van der Waals surface area (Å²) in [4.78, 5) is 45.3. The molecular weight excluding hydrogens is 282 g/mol. The lowest BCUT2D eigenvalue weighted by Crippen LogP contribution is -2.56. The fourth-order valence-electron chi connectivity index (χ4n) is 1.29. The van der Waals surface area contributed by atoms with Crippen LogP contribution < -0.4 is 16.0 Å². The Morgan fingerprint density at radius 2 is 1.48 bits per heavy atom. The highest BCUT2D eigenvalue weighted by molar-refractivity contribution is 5.93. The van der Waals surface area contributed by atoms with E-state index in [0.717, 1.165) is 0 Å². The van der Waals surface area contributed by atoms with E-state index in [0.29, 0.717) is 0 Å². The Morgan fingerprint density at radius 3 is 1.90 bits per heavy atom. The zero-order chi connectivity index (χ0) is 16.4. The van der Waals surface area contributed by atoms with Gasteiger partial charge in [0.15, 0.2) is 0 Å². The van der Waals surface area contributed by atoms with Gasteiger partial charge in [0.1, 0.15) is 17.9 Å². The molecule has 120 valence electrons. The summed E-state index contributed by atoms with van der Waals surface area (Å²) in [5.74, 6) is -2.27. The summed E-state index contributed by atoms with van der Waals surface area (Å²) in [5, 5.41) is 24.8. The molecule has 0 bridgehead atoms. The highest BCUT2D eigenvalue weighted by atomic mass is 16.3. The van der Waals surface area contributed by atoms with Gasteiger partial charge in [-0.3, -0.25) is 19.2 Å². The number of hydrogen-bond acceptors (Lipinski definition) is 6. The molecule has 0 fully saturated rings. The summed E-state index contributed by atoms with van der Waals surface area (Å²) >= 11 is 0. The maximum absolute atomic E-state index is 11.8. The van der Waals surface area contributed by atoms with Crippen molar-refractivity contribution in [3.05, 3.63) is 0 Å². The van der Waals surface area contributed by atoms with Gasteiger partial charge in [-0.1, -0.05) is 6.92 Å². The molecule has 0 radical (unpaired) electrons. The van der Waals surface area contributed by atoms with Crippen LogP contribution in [0.25, 0.3) is 0 Å². The Hall–Kier alpha value is -2.00. The molecule has 0 aromatic heterocycles. The maximum atomic E-state index is 11.8. The van der Waals surface area contributed by atoms with Crippen LogP contribution in [-0.2, 0) is 19.2 Å².